The topological polar surface area (TPSA) is 34.4 Å². The van der Waals surface area contributed by atoms with Crippen LogP contribution in [0.5, 0.6) is 0 Å². The highest BCUT2D eigenvalue weighted by Crippen LogP contribution is 2.27. The summed E-state index contributed by atoms with van der Waals surface area (Å²) in [5, 5.41) is 0. The van der Waals surface area contributed by atoms with Crippen molar-refractivity contribution in [3.63, 3.8) is 0 Å². The first-order valence-corrected chi connectivity index (χ1v) is 9.39. The molecule has 0 radical (unpaired) electrons. The Kier molecular flexibility index (Phi) is 5.29. The Morgan fingerprint density at radius 3 is 2.32 bits per heavy atom. The Labute approximate surface area is 152 Å². The van der Waals surface area contributed by atoms with E-state index in [0.717, 1.165) is 17.8 Å². The van der Waals surface area contributed by atoms with Gasteiger partial charge in [0.2, 0.25) is 0 Å². The zero-order valence-corrected chi connectivity index (χ0v) is 15.6. The molecule has 3 aromatic rings. The molecule has 0 atom stereocenters. The minimum absolute atomic E-state index is 0.192. The standard InChI is InChI=1S/C21H22N2OS/c1-4-18-19(16-13-11-15(3)12-14-16)23(5-2)21(25-18)22-20(24)17-9-7-6-8-10-17/h6-14H,4-5H2,1-3H3. The maximum Gasteiger partial charge on any atom is 0.279 e. The van der Waals surface area contributed by atoms with Gasteiger partial charge in [0.1, 0.15) is 0 Å². The Hall–Kier alpha value is -2.46. The summed E-state index contributed by atoms with van der Waals surface area (Å²) in [6.07, 6.45) is 0.920. The molecule has 4 heteroatoms. The van der Waals surface area contributed by atoms with E-state index in [1.54, 1.807) is 23.5 Å². The molecule has 0 fully saturated rings. The third kappa shape index (κ3) is 3.64. The highest BCUT2D eigenvalue weighted by Gasteiger charge is 2.14. The third-order valence-corrected chi connectivity index (χ3v) is 5.38. The summed E-state index contributed by atoms with van der Waals surface area (Å²) < 4.78 is 2.15. The zero-order chi connectivity index (χ0) is 17.8. The van der Waals surface area contributed by atoms with Crippen LogP contribution in [-0.4, -0.2) is 10.5 Å². The van der Waals surface area contributed by atoms with Crippen molar-refractivity contribution in [3.05, 3.63) is 75.4 Å². The van der Waals surface area contributed by atoms with E-state index in [0.29, 0.717) is 5.56 Å². The van der Waals surface area contributed by atoms with Crippen LogP contribution in [-0.2, 0) is 13.0 Å². The molecule has 1 amide bonds. The molecule has 0 aliphatic heterocycles. The number of nitrogens with zero attached hydrogens (tertiary/aromatic N) is 2. The second-order valence-electron chi connectivity index (χ2n) is 5.90. The Morgan fingerprint density at radius 1 is 1.04 bits per heavy atom. The summed E-state index contributed by atoms with van der Waals surface area (Å²) >= 11 is 1.61. The number of amides is 1. The zero-order valence-electron chi connectivity index (χ0n) is 14.8. The number of rotatable bonds is 4. The van der Waals surface area contributed by atoms with Gasteiger partial charge in [-0.1, -0.05) is 55.0 Å². The number of aryl methyl sites for hydroxylation is 2. The number of hydrogen-bond acceptors (Lipinski definition) is 2. The fraction of sp³-hybridized carbons (Fsp3) is 0.238. The lowest BCUT2D eigenvalue weighted by Crippen LogP contribution is -2.17. The fourth-order valence-electron chi connectivity index (χ4n) is 2.84. The minimum Gasteiger partial charge on any atom is -0.316 e. The van der Waals surface area contributed by atoms with Gasteiger partial charge in [-0.05, 0) is 38.0 Å². The minimum atomic E-state index is -0.192. The van der Waals surface area contributed by atoms with E-state index in [2.05, 4.69) is 54.6 Å². The average molecular weight is 350 g/mol. The smallest absolute Gasteiger partial charge is 0.279 e. The van der Waals surface area contributed by atoms with Crippen LogP contribution >= 0.6 is 11.3 Å². The third-order valence-electron chi connectivity index (χ3n) is 4.16. The van der Waals surface area contributed by atoms with Gasteiger partial charge in [-0.3, -0.25) is 4.79 Å². The molecule has 0 saturated heterocycles. The summed E-state index contributed by atoms with van der Waals surface area (Å²) in [6, 6.07) is 17.8. The van der Waals surface area contributed by atoms with E-state index in [1.165, 1.54) is 21.7 Å². The van der Waals surface area contributed by atoms with E-state index in [-0.39, 0.29) is 5.91 Å². The largest absolute Gasteiger partial charge is 0.316 e. The molecule has 128 valence electrons. The number of benzene rings is 2. The molecule has 0 spiro atoms. The summed E-state index contributed by atoms with van der Waals surface area (Å²) in [5.41, 5.74) is 4.21. The lowest BCUT2D eigenvalue weighted by atomic mass is 10.1. The van der Waals surface area contributed by atoms with Crippen molar-refractivity contribution in [2.45, 2.75) is 33.7 Å². The molecule has 2 aromatic carbocycles. The maximum absolute atomic E-state index is 12.5. The SMILES string of the molecule is CCc1sc(=NC(=O)c2ccccc2)n(CC)c1-c1ccc(C)cc1. The Morgan fingerprint density at radius 2 is 1.72 bits per heavy atom. The molecule has 25 heavy (non-hydrogen) atoms. The lowest BCUT2D eigenvalue weighted by Gasteiger charge is -2.09. The van der Waals surface area contributed by atoms with E-state index >= 15 is 0 Å². The molecule has 0 unspecified atom stereocenters. The summed E-state index contributed by atoms with van der Waals surface area (Å²) in [5.74, 6) is -0.192. The maximum atomic E-state index is 12.5. The first-order chi connectivity index (χ1) is 12.1. The van der Waals surface area contributed by atoms with Crippen LogP contribution in [0.3, 0.4) is 0 Å². The molecule has 0 N–H and O–H groups in total. The average Bonchev–Trinajstić information content (AvgIpc) is 3.00. The molecule has 3 nitrogen and oxygen atoms in total. The molecular formula is C21H22N2OS. The highest BCUT2D eigenvalue weighted by molar-refractivity contribution is 7.09. The van der Waals surface area contributed by atoms with Crippen molar-refractivity contribution < 1.29 is 4.79 Å². The van der Waals surface area contributed by atoms with Gasteiger partial charge < -0.3 is 4.57 Å². The van der Waals surface area contributed by atoms with Crippen LogP contribution in [0.2, 0.25) is 0 Å². The second kappa shape index (κ2) is 7.62. The number of hydrogen-bond donors (Lipinski definition) is 0. The first kappa shape index (κ1) is 17.4. The molecule has 0 aliphatic rings. The van der Waals surface area contributed by atoms with Crippen molar-refractivity contribution >= 4 is 17.2 Å². The number of thiazole rings is 1. The van der Waals surface area contributed by atoms with Crippen LogP contribution in [0, 0.1) is 6.92 Å². The van der Waals surface area contributed by atoms with E-state index in [4.69, 9.17) is 0 Å². The molecule has 0 bridgehead atoms. The Bertz CT molecular complexity index is 934. The number of carbonyl (C=O) groups is 1. The van der Waals surface area contributed by atoms with Crippen LogP contribution in [0.4, 0.5) is 0 Å². The quantitative estimate of drug-likeness (QED) is 0.662. The van der Waals surface area contributed by atoms with Gasteiger partial charge in [0.05, 0.1) is 5.69 Å². The van der Waals surface area contributed by atoms with E-state index in [1.807, 2.05) is 18.2 Å². The monoisotopic (exact) mass is 350 g/mol. The van der Waals surface area contributed by atoms with Gasteiger partial charge in [0.15, 0.2) is 4.80 Å². The van der Waals surface area contributed by atoms with Crippen molar-refractivity contribution in [3.8, 4) is 11.3 Å². The summed E-state index contributed by atoms with van der Waals surface area (Å²) in [6.45, 7) is 7.11. The molecule has 3 rings (SSSR count). The van der Waals surface area contributed by atoms with Gasteiger partial charge in [0.25, 0.3) is 5.91 Å². The van der Waals surface area contributed by atoms with E-state index in [9.17, 15) is 4.79 Å². The van der Waals surface area contributed by atoms with Gasteiger partial charge in [-0.2, -0.15) is 4.99 Å². The van der Waals surface area contributed by atoms with Crippen molar-refractivity contribution in [2.75, 3.05) is 0 Å². The second-order valence-corrected chi connectivity index (χ2v) is 6.97. The van der Waals surface area contributed by atoms with Crippen molar-refractivity contribution in [2.24, 2.45) is 4.99 Å². The highest BCUT2D eigenvalue weighted by atomic mass is 32.1. The normalized spacial score (nSPS) is 11.7. The molecule has 0 aliphatic carbocycles. The predicted octanol–water partition coefficient (Wildman–Crippen LogP) is 4.85. The van der Waals surface area contributed by atoms with Crippen molar-refractivity contribution in [1.29, 1.82) is 0 Å². The van der Waals surface area contributed by atoms with Gasteiger partial charge in [0, 0.05) is 17.0 Å². The molecule has 1 heterocycles. The molecular weight excluding hydrogens is 328 g/mol. The van der Waals surface area contributed by atoms with Crippen molar-refractivity contribution in [1.82, 2.24) is 4.57 Å². The van der Waals surface area contributed by atoms with E-state index < -0.39 is 0 Å². The first-order valence-electron chi connectivity index (χ1n) is 8.57. The summed E-state index contributed by atoms with van der Waals surface area (Å²) in [7, 11) is 0. The van der Waals surface area contributed by atoms with Gasteiger partial charge in [-0.15, -0.1) is 11.3 Å². The van der Waals surface area contributed by atoms with Gasteiger partial charge in [-0.25, -0.2) is 0 Å². The molecule has 1 aromatic heterocycles. The number of carbonyl (C=O) groups excluding carboxylic acids is 1. The Balaban J connectivity index is 2.14. The van der Waals surface area contributed by atoms with Crippen LogP contribution in [0.25, 0.3) is 11.3 Å². The van der Waals surface area contributed by atoms with Gasteiger partial charge >= 0.3 is 0 Å². The van der Waals surface area contributed by atoms with Crippen LogP contribution in [0.15, 0.2) is 59.6 Å². The predicted molar refractivity (Wildman–Crippen MR) is 104 cm³/mol. The number of aromatic nitrogens is 1. The van der Waals surface area contributed by atoms with Crippen LogP contribution in [0.1, 0.15) is 34.6 Å². The lowest BCUT2D eigenvalue weighted by molar-refractivity contribution is 0.0998. The van der Waals surface area contributed by atoms with Crippen LogP contribution < -0.4 is 4.80 Å². The molecule has 0 saturated carbocycles. The fourth-order valence-corrected chi connectivity index (χ4v) is 3.98. The summed E-state index contributed by atoms with van der Waals surface area (Å²) in [4.78, 5) is 18.9.